The Kier molecular flexibility index (Phi) is 4.99. The minimum atomic E-state index is -3.26. The number of rotatable bonds is 5. The van der Waals surface area contributed by atoms with Crippen LogP contribution in [0.5, 0.6) is 0 Å². The molecule has 3 aromatic rings. The summed E-state index contributed by atoms with van der Waals surface area (Å²) < 4.78 is 24.7. The standard InChI is InChI=1S/C19H18N4O3S/c1-13(24)14-4-8-16(9-5-14)23-12-18(20-2)19(22-23)21-15-6-10-17(11-7-15)27(3,25)26/h4-13,24H,1,3H3,(H,21,22). The summed E-state index contributed by atoms with van der Waals surface area (Å²) in [4.78, 5) is 3.71. The van der Waals surface area contributed by atoms with Crippen molar-refractivity contribution in [1.82, 2.24) is 9.78 Å². The molecule has 7 nitrogen and oxygen atoms in total. The van der Waals surface area contributed by atoms with Crippen LogP contribution in [0.3, 0.4) is 0 Å². The minimum Gasteiger partial charge on any atom is -0.389 e. The number of hydrogen-bond acceptors (Lipinski definition) is 5. The second-order valence-corrected chi connectivity index (χ2v) is 8.12. The van der Waals surface area contributed by atoms with Crippen LogP contribution in [0, 0.1) is 6.57 Å². The predicted molar refractivity (Wildman–Crippen MR) is 103 cm³/mol. The average Bonchev–Trinajstić information content (AvgIpc) is 3.04. The molecule has 1 atom stereocenters. The summed E-state index contributed by atoms with van der Waals surface area (Å²) >= 11 is 0. The molecule has 0 amide bonds. The van der Waals surface area contributed by atoms with Crippen molar-refractivity contribution in [3.8, 4) is 5.69 Å². The van der Waals surface area contributed by atoms with Gasteiger partial charge in [0.2, 0.25) is 5.69 Å². The largest absolute Gasteiger partial charge is 0.389 e. The first kappa shape index (κ1) is 18.6. The molecule has 0 aliphatic heterocycles. The van der Waals surface area contributed by atoms with Crippen LogP contribution in [-0.2, 0) is 9.84 Å². The lowest BCUT2D eigenvalue weighted by atomic mass is 10.1. The van der Waals surface area contributed by atoms with Gasteiger partial charge in [0.1, 0.15) is 0 Å². The minimum absolute atomic E-state index is 0.224. The highest BCUT2D eigenvalue weighted by Crippen LogP contribution is 2.29. The third-order valence-electron chi connectivity index (χ3n) is 4.00. The van der Waals surface area contributed by atoms with E-state index in [0.717, 1.165) is 17.5 Å². The Bertz CT molecular complexity index is 1090. The summed E-state index contributed by atoms with van der Waals surface area (Å²) in [6, 6.07) is 13.5. The van der Waals surface area contributed by atoms with Crippen molar-refractivity contribution >= 4 is 27.0 Å². The molecule has 0 saturated heterocycles. The van der Waals surface area contributed by atoms with Crippen LogP contribution in [0.2, 0.25) is 0 Å². The van der Waals surface area contributed by atoms with Gasteiger partial charge in [-0.3, -0.25) is 4.68 Å². The Morgan fingerprint density at radius 2 is 1.78 bits per heavy atom. The van der Waals surface area contributed by atoms with Gasteiger partial charge in [-0.1, -0.05) is 12.1 Å². The van der Waals surface area contributed by atoms with E-state index in [9.17, 15) is 13.5 Å². The summed E-state index contributed by atoms with van der Waals surface area (Å²) in [5.41, 5.74) is 2.51. The fourth-order valence-electron chi connectivity index (χ4n) is 2.50. The van der Waals surface area contributed by atoms with E-state index >= 15 is 0 Å². The number of benzene rings is 2. The molecule has 8 heteroatoms. The van der Waals surface area contributed by atoms with Gasteiger partial charge < -0.3 is 10.4 Å². The van der Waals surface area contributed by atoms with Gasteiger partial charge in [0.15, 0.2) is 15.7 Å². The van der Waals surface area contributed by atoms with Gasteiger partial charge in [0.05, 0.1) is 23.3 Å². The van der Waals surface area contributed by atoms with Gasteiger partial charge in [-0.05, 0) is 48.9 Å². The van der Waals surface area contributed by atoms with Gasteiger partial charge in [-0.15, -0.1) is 0 Å². The normalized spacial score (nSPS) is 12.4. The number of sulfone groups is 1. The van der Waals surface area contributed by atoms with E-state index in [1.165, 1.54) is 12.1 Å². The zero-order chi connectivity index (χ0) is 19.6. The predicted octanol–water partition coefficient (Wildman–Crippen LogP) is 3.62. The first-order chi connectivity index (χ1) is 12.8. The van der Waals surface area contributed by atoms with E-state index in [1.54, 1.807) is 42.1 Å². The topological polar surface area (TPSA) is 88.6 Å². The van der Waals surface area contributed by atoms with Crippen molar-refractivity contribution < 1.29 is 13.5 Å². The molecule has 2 N–H and O–H groups in total. The first-order valence-corrected chi connectivity index (χ1v) is 10.00. The van der Waals surface area contributed by atoms with Crippen molar-refractivity contribution in [3.05, 3.63) is 71.7 Å². The van der Waals surface area contributed by atoms with E-state index in [1.807, 2.05) is 12.1 Å². The molecule has 1 aromatic heterocycles. The fraction of sp³-hybridized carbons (Fsp3) is 0.158. The van der Waals surface area contributed by atoms with E-state index in [0.29, 0.717) is 17.2 Å². The maximum Gasteiger partial charge on any atom is 0.248 e. The van der Waals surface area contributed by atoms with Crippen molar-refractivity contribution in [2.75, 3.05) is 11.6 Å². The van der Waals surface area contributed by atoms with Crippen LogP contribution in [0.25, 0.3) is 10.5 Å². The van der Waals surface area contributed by atoms with Crippen molar-refractivity contribution in [3.63, 3.8) is 0 Å². The zero-order valence-electron chi connectivity index (χ0n) is 14.8. The zero-order valence-corrected chi connectivity index (χ0v) is 15.6. The van der Waals surface area contributed by atoms with E-state index in [4.69, 9.17) is 6.57 Å². The number of aliphatic hydroxyl groups excluding tert-OH is 1. The Morgan fingerprint density at radius 3 is 2.30 bits per heavy atom. The maximum atomic E-state index is 11.5. The van der Waals surface area contributed by atoms with Crippen LogP contribution in [0.15, 0.2) is 59.6 Å². The van der Waals surface area contributed by atoms with E-state index < -0.39 is 15.9 Å². The van der Waals surface area contributed by atoms with Gasteiger partial charge in [0.25, 0.3) is 0 Å². The molecule has 1 heterocycles. The molecule has 0 bridgehead atoms. The fourth-order valence-corrected chi connectivity index (χ4v) is 3.13. The number of nitrogens with one attached hydrogen (secondary N) is 1. The van der Waals surface area contributed by atoms with Crippen LogP contribution in [0.4, 0.5) is 17.2 Å². The number of nitrogens with zero attached hydrogens (tertiary/aromatic N) is 3. The Balaban J connectivity index is 1.88. The van der Waals surface area contributed by atoms with Gasteiger partial charge >= 0.3 is 0 Å². The quantitative estimate of drug-likeness (QED) is 0.658. The number of hydrogen-bond donors (Lipinski definition) is 2. The van der Waals surface area contributed by atoms with Crippen molar-refractivity contribution in [2.45, 2.75) is 17.9 Å². The van der Waals surface area contributed by atoms with Gasteiger partial charge in [0, 0.05) is 18.1 Å². The number of anilines is 2. The molecule has 3 rings (SSSR count). The molecule has 1 unspecified atom stereocenters. The molecular formula is C19H18N4O3S. The summed E-state index contributed by atoms with van der Waals surface area (Å²) in [5.74, 6) is 0.372. The Morgan fingerprint density at radius 1 is 1.15 bits per heavy atom. The molecule has 0 saturated carbocycles. The van der Waals surface area contributed by atoms with Crippen LogP contribution in [-0.4, -0.2) is 29.6 Å². The number of aromatic nitrogens is 2. The van der Waals surface area contributed by atoms with Gasteiger partial charge in [-0.2, -0.15) is 5.10 Å². The Labute approximate surface area is 157 Å². The van der Waals surface area contributed by atoms with Crippen molar-refractivity contribution in [2.24, 2.45) is 0 Å². The van der Waals surface area contributed by atoms with Crippen molar-refractivity contribution in [1.29, 1.82) is 0 Å². The average molecular weight is 382 g/mol. The van der Waals surface area contributed by atoms with E-state index in [2.05, 4.69) is 15.3 Å². The highest BCUT2D eigenvalue weighted by Gasteiger charge is 2.12. The lowest BCUT2D eigenvalue weighted by Crippen LogP contribution is -1.99. The lowest BCUT2D eigenvalue weighted by Gasteiger charge is -2.07. The van der Waals surface area contributed by atoms with Crippen LogP contribution in [0.1, 0.15) is 18.6 Å². The third kappa shape index (κ3) is 4.16. The summed E-state index contributed by atoms with van der Waals surface area (Å²) in [6.07, 6.45) is 2.21. The second kappa shape index (κ2) is 7.23. The third-order valence-corrected chi connectivity index (χ3v) is 5.13. The SMILES string of the molecule is [C-]#[N+]c1cn(-c2ccc(C(C)O)cc2)nc1Nc1ccc(S(C)(=O)=O)cc1. The molecule has 0 fully saturated rings. The molecular weight excluding hydrogens is 364 g/mol. The first-order valence-electron chi connectivity index (χ1n) is 8.10. The van der Waals surface area contributed by atoms with Crippen LogP contribution < -0.4 is 5.32 Å². The van der Waals surface area contributed by atoms with E-state index in [-0.39, 0.29) is 4.90 Å². The van der Waals surface area contributed by atoms with Crippen LogP contribution >= 0.6 is 0 Å². The molecule has 0 aliphatic carbocycles. The summed E-state index contributed by atoms with van der Waals surface area (Å²) in [5, 5.41) is 17.0. The highest BCUT2D eigenvalue weighted by molar-refractivity contribution is 7.90. The summed E-state index contributed by atoms with van der Waals surface area (Å²) in [6.45, 7) is 9.04. The lowest BCUT2D eigenvalue weighted by molar-refractivity contribution is 0.199. The second-order valence-electron chi connectivity index (χ2n) is 6.11. The molecule has 27 heavy (non-hydrogen) atoms. The van der Waals surface area contributed by atoms with Gasteiger partial charge in [-0.25, -0.2) is 13.3 Å². The maximum absolute atomic E-state index is 11.5. The molecule has 0 aliphatic rings. The monoisotopic (exact) mass is 382 g/mol. The summed E-state index contributed by atoms with van der Waals surface area (Å²) in [7, 11) is -3.26. The molecule has 138 valence electrons. The Hall–Kier alpha value is -3.15. The highest BCUT2D eigenvalue weighted by atomic mass is 32.2. The molecule has 0 spiro atoms. The molecule has 0 radical (unpaired) electrons. The smallest absolute Gasteiger partial charge is 0.248 e. The number of aliphatic hydroxyl groups is 1. The molecule has 2 aromatic carbocycles.